The second-order valence-corrected chi connectivity index (χ2v) is 6.76. The van der Waals surface area contributed by atoms with Gasteiger partial charge in [0, 0.05) is 0 Å². The molecule has 0 fully saturated rings. The third-order valence-corrected chi connectivity index (χ3v) is 4.92. The van der Waals surface area contributed by atoms with Crippen LogP contribution in [0.2, 0.25) is 0 Å². The minimum Gasteiger partial charge on any atom is -0.467 e. The van der Waals surface area contributed by atoms with Crippen LogP contribution in [-0.2, 0) is 26.3 Å². The number of aliphatic hydroxyl groups is 1. The zero-order valence-electron chi connectivity index (χ0n) is 16.4. The molecule has 156 valence electrons. The van der Waals surface area contributed by atoms with Crippen molar-refractivity contribution in [3.63, 3.8) is 0 Å². The zero-order chi connectivity index (χ0) is 21.6. The number of aliphatic hydroxyl groups excluding tert-OH is 1. The van der Waals surface area contributed by atoms with Crippen molar-refractivity contribution >= 4 is 5.97 Å². The van der Waals surface area contributed by atoms with Gasteiger partial charge < -0.3 is 14.6 Å². The Morgan fingerprint density at radius 2 is 1.40 bits per heavy atom. The fourth-order valence-electron chi connectivity index (χ4n) is 3.38. The summed E-state index contributed by atoms with van der Waals surface area (Å²) in [6, 6.07) is 20.1. The van der Waals surface area contributed by atoms with Gasteiger partial charge in [0.2, 0.25) is 0 Å². The number of methoxy groups -OCH3 is 1. The number of halogens is 2. The van der Waals surface area contributed by atoms with Gasteiger partial charge in [-0.2, -0.15) is 0 Å². The first-order chi connectivity index (χ1) is 14.5. The lowest BCUT2D eigenvalue weighted by molar-refractivity contribution is -0.170. The lowest BCUT2D eigenvalue weighted by atomic mass is 9.81. The molecule has 0 aromatic heterocycles. The average molecular weight is 412 g/mol. The number of hydrogen-bond donors (Lipinski definition) is 1. The molecule has 3 aromatic carbocycles. The third-order valence-electron chi connectivity index (χ3n) is 4.92. The van der Waals surface area contributed by atoms with E-state index in [1.54, 1.807) is 0 Å². The normalized spacial score (nSPS) is 12.4. The molecule has 0 unspecified atom stereocenters. The van der Waals surface area contributed by atoms with Crippen molar-refractivity contribution in [3.05, 3.63) is 107 Å². The Labute approximate surface area is 173 Å². The summed E-state index contributed by atoms with van der Waals surface area (Å²) in [4.78, 5) is 12.4. The smallest absolute Gasteiger partial charge is 0.338 e. The molecule has 0 aliphatic heterocycles. The first-order valence-corrected chi connectivity index (χ1v) is 9.43. The predicted molar refractivity (Wildman–Crippen MR) is 108 cm³/mol. The molecule has 0 spiro atoms. The Hall–Kier alpha value is -3.09. The largest absolute Gasteiger partial charge is 0.467 e. The van der Waals surface area contributed by atoms with Crippen LogP contribution in [0.5, 0.6) is 0 Å². The highest BCUT2D eigenvalue weighted by atomic mass is 19.1. The van der Waals surface area contributed by atoms with E-state index in [9.17, 15) is 18.7 Å². The molecule has 1 atom stereocenters. The Morgan fingerprint density at radius 3 is 1.87 bits per heavy atom. The Morgan fingerprint density at radius 1 is 0.900 bits per heavy atom. The van der Waals surface area contributed by atoms with Gasteiger partial charge in [-0.1, -0.05) is 54.6 Å². The highest BCUT2D eigenvalue weighted by molar-refractivity contribution is 5.77. The van der Waals surface area contributed by atoms with Crippen molar-refractivity contribution in [2.75, 3.05) is 13.7 Å². The lowest BCUT2D eigenvalue weighted by Gasteiger charge is -2.37. The van der Waals surface area contributed by atoms with Crippen LogP contribution < -0.4 is 0 Å². The molecule has 0 heterocycles. The van der Waals surface area contributed by atoms with Gasteiger partial charge in [-0.3, -0.25) is 0 Å². The first kappa shape index (κ1) is 21.6. The summed E-state index contributed by atoms with van der Waals surface area (Å²) in [6.07, 6.45) is -1.27. The highest BCUT2D eigenvalue weighted by Crippen LogP contribution is 2.38. The minimum absolute atomic E-state index is 0.132. The molecule has 0 saturated carbocycles. The van der Waals surface area contributed by atoms with Crippen molar-refractivity contribution in [1.29, 1.82) is 0 Å². The van der Waals surface area contributed by atoms with Crippen molar-refractivity contribution in [2.45, 2.75) is 18.1 Å². The van der Waals surface area contributed by atoms with E-state index in [-0.39, 0.29) is 6.61 Å². The standard InChI is InChI=1S/C24H22F2O4/c1-29-23(28)22(27)24(18-7-11-20(25)12-8-18,19-9-13-21(26)14-10-19)30-16-15-17-5-3-2-4-6-17/h2-14,22,27H,15-16H2,1H3/t22-/m1/s1. The molecule has 4 nitrogen and oxygen atoms in total. The average Bonchev–Trinajstić information content (AvgIpc) is 2.78. The minimum atomic E-state index is -1.77. The number of esters is 1. The monoisotopic (exact) mass is 412 g/mol. The fraction of sp³-hybridized carbons (Fsp3) is 0.208. The molecule has 1 N–H and O–H groups in total. The van der Waals surface area contributed by atoms with Crippen molar-refractivity contribution in [3.8, 4) is 0 Å². The van der Waals surface area contributed by atoms with E-state index in [1.165, 1.54) is 48.5 Å². The van der Waals surface area contributed by atoms with Crippen LogP contribution in [-0.4, -0.2) is 30.9 Å². The van der Waals surface area contributed by atoms with E-state index in [0.717, 1.165) is 12.7 Å². The van der Waals surface area contributed by atoms with Gasteiger partial charge in [0.25, 0.3) is 0 Å². The van der Waals surface area contributed by atoms with E-state index in [4.69, 9.17) is 9.47 Å². The zero-order valence-corrected chi connectivity index (χ0v) is 16.4. The molecule has 0 aliphatic rings. The second kappa shape index (κ2) is 9.61. The number of hydrogen-bond acceptors (Lipinski definition) is 4. The number of carbonyl (C=O) groups excluding carboxylic acids is 1. The third kappa shape index (κ3) is 4.56. The molecule has 3 aromatic rings. The Balaban J connectivity index is 2.08. The number of carbonyl (C=O) groups is 1. The molecule has 0 aliphatic carbocycles. The van der Waals surface area contributed by atoms with Crippen LogP contribution in [0.4, 0.5) is 8.78 Å². The van der Waals surface area contributed by atoms with Crippen molar-refractivity contribution < 1.29 is 28.2 Å². The molecule has 0 amide bonds. The van der Waals surface area contributed by atoms with Gasteiger partial charge in [0.1, 0.15) is 11.6 Å². The molecule has 0 bridgehead atoms. The van der Waals surface area contributed by atoms with E-state index < -0.39 is 29.3 Å². The van der Waals surface area contributed by atoms with Gasteiger partial charge in [0.15, 0.2) is 11.7 Å². The SMILES string of the molecule is COC(=O)[C@@H](O)C(OCCc1ccccc1)(c1ccc(F)cc1)c1ccc(F)cc1. The summed E-state index contributed by atoms with van der Waals surface area (Å²) in [5.41, 5.74) is -0.0522. The van der Waals surface area contributed by atoms with Gasteiger partial charge >= 0.3 is 5.97 Å². The summed E-state index contributed by atoms with van der Waals surface area (Å²) >= 11 is 0. The van der Waals surface area contributed by atoms with Crippen molar-refractivity contribution in [1.82, 2.24) is 0 Å². The summed E-state index contributed by atoms with van der Waals surface area (Å²) < 4.78 is 38.1. The molecule has 30 heavy (non-hydrogen) atoms. The van der Waals surface area contributed by atoms with Gasteiger partial charge in [-0.15, -0.1) is 0 Å². The van der Waals surface area contributed by atoms with Crippen LogP contribution in [0.15, 0.2) is 78.9 Å². The Bertz CT molecular complexity index is 911. The van der Waals surface area contributed by atoms with Crippen LogP contribution in [0.3, 0.4) is 0 Å². The molecule has 6 heteroatoms. The second-order valence-electron chi connectivity index (χ2n) is 6.76. The molecule has 0 saturated heterocycles. The molecular weight excluding hydrogens is 390 g/mol. The van der Waals surface area contributed by atoms with Crippen LogP contribution in [0.1, 0.15) is 16.7 Å². The summed E-state index contributed by atoms with van der Waals surface area (Å²) in [6.45, 7) is 0.132. The topological polar surface area (TPSA) is 55.8 Å². The number of benzene rings is 3. The quantitative estimate of drug-likeness (QED) is 0.568. The van der Waals surface area contributed by atoms with Crippen molar-refractivity contribution in [2.24, 2.45) is 0 Å². The summed E-state index contributed by atoms with van der Waals surface area (Å²) in [7, 11) is 1.15. The van der Waals surface area contributed by atoms with Crippen LogP contribution in [0.25, 0.3) is 0 Å². The van der Waals surface area contributed by atoms with Gasteiger partial charge in [-0.25, -0.2) is 13.6 Å². The predicted octanol–water partition coefficient (Wildman–Crippen LogP) is 4.00. The van der Waals surface area contributed by atoms with E-state index in [1.807, 2.05) is 30.3 Å². The number of ether oxygens (including phenoxy) is 2. The van der Waals surface area contributed by atoms with Crippen LogP contribution in [0, 0.1) is 11.6 Å². The van der Waals surface area contributed by atoms with Gasteiger partial charge in [0.05, 0.1) is 13.7 Å². The maximum Gasteiger partial charge on any atom is 0.338 e. The van der Waals surface area contributed by atoms with E-state index in [2.05, 4.69) is 0 Å². The van der Waals surface area contributed by atoms with E-state index in [0.29, 0.717) is 17.5 Å². The summed E-state index contributed by atoms with van der Waals surface area (Å²) in [5, 5.41) is 11.0. The molecule has 0 radical (unpaired) electrons. The van der Waals surface area contributed by atoms with Gasteiger partial charge in [-0.05, 0) is 47.4 Å². The Kier molecular flexibility index (Phi) is 6.92. The molecule has 3 rings (SSSR count). The van der Waals surface area contributed by atoms with E-state index >= 15 is 0 Å². The highest BCUT2D eigenvalue weighted by Gasteiger charge is 2.47. The number of rotatable bonds is 8. The maximum absolute atomic E-state index is 13.6. The van der Waals surface area contributed by atoms with Crippen LogP contribution >= 0.6 is 0 Å². The summed E-state index contributed by atoms with van der Waals surface area (Å²) in [5.74, 6) is -1.89. The lowest BCUT2D eigenvalue weighted by Crippen LogP contribution is -2.48. The molecular formula is C24H22F2O4. The first-order valence-electron chi connectivity index (χ1n) is 9.43. The fourth-order valence-corrected chi connectivity index (χ4v) is 3.38. The maximum atomic E-state index is 13.6.